The molecule has 0 aliphatic carbocycles. The molecule has 1 heterocycles. The molecule has 3 heteroatoms. The summed E-state index contributed by atoms with van der Waals surface area (Å²) in [6.07, 6.45) is 1.03. The van der Waals surface area contributed by atoms with Crippen molar-refractivity contribution in [2.45, 2.75) is 26.2 Å². The molecule has 0 spiro atoms. The van der Waals surface area contributed by atoms with Crippen molar-refractivity contribution in [3.8, 4) is 0 Å². The molecule has 2 atom stereocenters. The molecule has 1 aliphatic heterocycles. The molecule has 1 aromatic carbocycles. The number of piperidine rings is 1. The van der Waals surface area contributed by atoms with Crippen LogP contribution in [0.4, 0.5) is 4.39 Å². The summed E-state index contributed by atoms with van der Waals surface area (Å²) in [6.45, 7) is 6.93. The van der Waals surface area contributed by atoms with Crippen molar-refractivity contribution in [1.82, 2.24) is 5.32 Å². The van der Waals surface area contributed by atoms with Crippen LogP contribution in [0.15, 0.2) is 24.3 Å². The Balaban J connectivity index is 2.42. The van der Waals surface area contributed by atoms with E-state index in [1.54, 1.807) is 19.2 Å². The smallest absolute Gasteiger partial charge is 0.126 e. The van der Waals surface area contributed by atoms with Crippen molar-refractivity contribution >= 4 is 0 Å². The third-order valence-electron chi connectivity index (χ3n) is 4.65. The predicted octanol–water partition coefficient (Wildman–Crippen LogP) is 3.19. The lowest BCUT2D eigenvalue weighted by molar-refractivity contribution is -0.000890. The highest BCUT2D eigenvalue weighted by molar-refractivity contribution is 5.26. The summed E-state index contributed by atoms with van der Waals surface area (Å²) in [6, 6.07) is 7.15. The molecule has 0 amide bonds. The van der Waals surface area contributed by atoms with Crippen LogP contribution < -0.4 is 5.32 Å². The molecule has 0 saturated carbocycles. The van der Waals surface area contributed by atoms with Crippen LogP contribution in [0.2, 0.25) is 0 Å². The second-order valence-corrected chi connectivity index (χ2v) is 5.85. The Morgan fingerprint density at radius 3 is 2.79 bits per heavy atom. The maximum absolute atomic E-state index is 14.2. The first kappa shape index (κ1) is 14.5. The van der Waals surface area contributed by atoms with Gasteiger partial charge in [-0.2, -0.15) is 0 Å². The highest BCUT2D eigenvalue weighted by Gasteiger charge is 2.44. The highest BCUT2D eigenvalue weighted by atomic mass is 19.1. The Bertz CT molecular complexity index is 417. The minimum absolute atomic E-state index is 0.0161. The summed E-state index contributed by atoms with van der Waals surface area (Å²) in [7, 11) is 1.74. The molecule has 2 nitrogen and oxygen atoms in total. The molecule has 1 N–H and O–H groups in total. The van der Waals surface area contributed by atoms with E-state index in [-0.39, 0.29) is 17.2 Å². The second kappa shape index (κ2) is 6.02. The van der Waals surface area contributed by atoms with Crippen LogP contribution in [0.3, 0.4) is 0 Å². The van der Waals surface area contributed by atoms with Gasteiger partial charge >= 0.3 is 0 Å². The maximum Gasteiger partial charge on any atom is 0.126 e. The Kier molecular flexibility index (Phi) is 4.58. The molecule has 19 heavy (non-hydrogen) atoms. The molecule has 0 radical (unpaired) electrons. The summed E-state index contributed by atoms with van der Waals surface area (Å²) in [5, 5.41) is 3.41. The monoisotopic (exact) mass is 265 g/mol. The summed E-state index contributed by atoms with van der Waals surface area (Å²) in [4.78, 5) is 0. The minimum atomic E-state index is -0.0997. The molecule has 0 bridgehead atoms. The van der Waals surface area contributed by atoms with E-state index in [2.05, 4.69) is 19.2 Å². The summed E-state index contributed by atoms with van der Waals surface area (Å²) in [5.41, 5.74) is 0.836. The highest BCUT2D eigenvalue weighted by Crippen LogP contribution is 2.47. The predicted molar refractivity (Wildman–Crippen MR) is 75.8 cm³/mol. The van der Waals surface area contributed by atoms with Crippen LogP contribution in [0.25, 0.3) is 0 Å². The van der Waals surface area contributed by atoms with Crippen molar-refractivity contribution in [3.63, 3.8) is 0 Å². The Morgan fingerprint density at radius 1 is 1.42 bits per heavy atom. The van der Waals surface area contributed by atoms with Crippen LogP contribution in [-0.4, -0.2) is 26.8 Å². The fourth-order valence-corrected chi connectivity index (χ4v) is 3.42. The van der Waals surface area contributed by atoms with Crippen LogP contribution >= 0.6 is 0 Å². The fourth-order valence-electron chi connectivity index (χ4n) is 3.42. The van der Waals surface area contributed by atoms with E-state index >= 15 is 0 Å². The molecule has 1 aliphatic rings. The zero-order chi connectivity index (χ0) is 13.9. The molecule has 1 saturated heterocycles. The van der Waals surface area contributed by atoms with Gasteiger partial charge in [-0.1, -0.05) is 32.0 Å². The Morgan fingerprint density at radius 2 is 2.16 bits per heavy atom. The number of nitrogens with one attached hydrogen (secondary N) is 1. The number of hydrogen-bond donors (Lipinski definition) is 1. The van der Waals surface area contributed by atoms with Crippen LogP contribution in [0, 0.1) is 17.2 Å². The van der Waals surface area contributed by atoms with Gasteiger partial charge in [0, 0.05) is 25.0 Å². The number of hydrogen-bond acceptors (Lipinski definition) is 2. The van der Waals surface area contributed by atoms with Gasteiger partial charge < -0.3 is 10.1 Å². The lowest BCUT2D eigenvalue weighted by atomic mass is 9.62. The Hall–Kier alpha value is -0.930. The third kappa shape index (κ3) is 2.67. The van der Waals surface area contributed by atoms with E-state index in [1.165, 1.54) is 0 Å². The van der Waals surface area contributed by atoms with Crippen molar-refractivity contribution in [1.29, 1.82) is 0 Å². The number of rotatable bonds is 4. The van der Waals surface area contributed by atoms with Crippen LogP contribution in [0.1, 0.15) is 31.7 Å². The van der Waals surface area contributed by atoms with E-state index in [0.717, 1.165) is 25.1 Å². The Labute approximate surface area is 115 Å². The normalized spacial score (nSPS) is 27.7. The zero-order valence-electron chi connectivity index (χ0n) is 12.1. The van der Waals surface area contributed by atoms with Crippen molar-refractivity contribution in [2.24, 2.45) is 11.3 Å². The average Bonchev–Trinajstić information content (AvgIpc) is 2.40. The van der Waals surface area contributed by atoms with Gasteiger partial charge in [0.25, 0.3) is 0 Å². The topological polar surface area (TPSA) is 21.3 Å². The van der Waals surface area contributed by atoms with Crippen LogP contribution in [0.5, 0.6) is 0 Å². The average molecular weight is 265 g/mol. The van der Waals surface area contributed by atoms with E-state index in [9.17, 15) is 4.39 Å². The van der Waals surface area contributed by atoms with Gasteiger partial charge in [-0.05, 0) is 30.5 Å². The standard InChI is InChI=1S/C16H24FNO/c1-12(2)16(11-19-3)8-9-18-10-14(16)13-6-4-5-7-15(13)17/h4-7,12,14,18H,8-11H2,1-3H3. The van der Waals surface area contributed by atoms with Gasteiger partial charge in [0.1, 0.15) is 5.82 Å². The van der Waals surface area contributed by atoms with E-state index in [0.29, 0.717) is 12.5 Å². The second-order valence-electron chi connectivity index (χ2n) is 5.85. The lowest BCUT2D eigenvalue weighted by Gasteiger charge is -2.47. The van der Waals surface area contributed by atoms with E-state index < -0.39 is 0 Å². The van der Waals surface area contributed by atoms with Crippen LogP contribution in [-0.2, 0) is 4.74 Å². The molecule has 1 fully saturated rings. The summed E-state index contributed by atoms with van der Waals surface area (Å²) in [5.74, 6) is 0.527. The molecule has 1 aromatic rings. The largest absolute Gasteiger partial charge is 0.384 e. The van der Waals surface area contributed by atoms with Gasteiger partial charge in [-0.15, -0.1) is 0 Å². The molecular weight excluding hydrogens is 241 g/mol. The molecule has 106 valence electrons. The summed E-state index contributed by atoms with van der Waals surface area (Å²) >= 11 is 0. The van der Waals surface area contributed by atoms with Crippen molar-refractivity contribution in [3.05, 3.63) is 35.6 Å². The van der Waals surface area contributed by atoms with E-state index in [4.69, 9.17) is 4.74 Å². The van der Waals surface area contributed by atoms with Crippen molar-refractivity contribution in [2.75, 3.05) is 26.8 Å². The minimum Gasteiger partial charge on any atom is -0.384 e. The van der Waals surface area contributed by atoms with Gasteiger partial charge in [0.05, 0.1) is 6.61 Å². The fraction of sp³-hybridized carbons (Fsp3) is 0.625. The molecule has 0 aromatic heterocycles. The third-order valence-corrected chi connectivity index (χ3v) is 4.65. The van der Waals surface area contributed by atoms with Gasteiger partial charge in [-0.3, -0.25) is 0 Å². The first-order valence-electron chi connectivity index (χ1n) is 7.06. The molecular formula is C16H24FNO. The molecule has 2 unspecified atom stereocenters. The van der Waals surface area contributed by atoms with E-state index in [1.807, 2.05) is 12.1 Å². The summed E-state index contributed by atoms with van der Waals surface area (Å²) < 4.78 is 19.6. The number of benzene rings is 1. The first-order valence-corrected chi connectivity index (χ1v) is 7.06. The van der Waals surface area contributed by atoms with Crippen molar-refractivity contribution < 1.29 is 9.13 Å². The maximum atomic E-state index is 14.2. The number of ether oxygens (including phenoxy) is 1. The zero-order valence-corrected chi connectivity index (χ0v) is 12.1. The lowest BCUT2D eigenvalue weighted by Crippen LogP contribution is -2.49. The quantitative estimate of drug-likeness (QED) is 0.902. The number of halogens is 1. The van der Waals surface area contributed by atoms with Gasteiger partial charge in [0.15, 0.2) is 0 Å². The first-order chi connectivity index (χ1) is 9.12. The van der Waals surface area contributed by atoms with Gasteiger partial charge in [-0.25, -0.2) is 4.39 Å². The molecule has 2 rings (SSSR count). The SMILES string of the molecule is COCC1(C(C)C)CCNCC1c1ccccc1F. The number of methoxy groups -OCH3 is 1. The van der Waals surface area contributed by atoms with Gasteiger partial charge in [0.2, 0.25) is 0 Å².